The van der Waals surface area contributed by atoms with Gasteiger partial charge in [-0.05, 0) is 37.1 Å². The molecule has 2 aromatic carbocycles. The van der Waals surface area contributed by atoms with Gasteiger partial charge in [-0.3, -0.25) is 0 Å². The third-order valence-electron chi connectivity index (χ3n) is 3.25. The van der Waals surface area contributed by atoms with Gasteiger partial charge in [-0.1, -0.05) is 30.3 Å². The SMILES string of the molecule is COCC(C)Oc1ccc2ccccc2c1CC(C)N. The molecule has 108 valence electrons. The molecule has 0 aliphatic carbocycles. The Morgan fingerprint density at radius 1 is 1.10 bits per heavy atom. The van der Waals surface area contributed by atoms with E-state index in [-0.39, 0.29) is 12.1 Å². The summed E-state index contributed by atoms with van der Waals surface area (Å²) in [5, 5.41) is 2.43. The first kappa shape index (κ1) is 14.8. The minimum Gasteiger partial charge on any atom is -0.488 e. The van der Waals surface area contributed by atoms with Crippen LogP contribution in [0.1, 0.15) is 19.4 Å². The third kappa shape index (κ3) is 3.50. The van der Waals surface area contributed by atoms with Crippen LogP contribution in [-0.4, -0.2) is 25.9 Å². The Morgan fingerprint density at radius 3 is 2.55 bits per heavy atom. The highest BCUT2D eigenvalue weighted by atomic mass is 16.5. The van der Waals surface area contributed by atoms with E-state index in [9.17, 15) is 0 Å². The van der Waals surface area contributed by atoms with Gasteiger partial charge in [0, 0.05) is 18.7 Å². The van der Waals surface area contributed by atoms with Crippen molar-refractivity contribution in [2.75, 3.05) is 13.7 Å². The van der Waals surface area contributed by atoms with Gasteiger partial charge >= 0.3 is 0 Å². The van der Waals surface area contributed by atoms with E-state index in [1.807, 2.05) is 26.0 Å². The van der Waals surface area contributed by atoms with E-state index in [1.54, 1.807) is 7.11 Å². The molecule has 0 saturated heterocycles. The second-order valence-corrected chi connectivity index (χ2v) is 5.33. The Hall–Kier alpha value is -1.58. The molecule has 0 aliphatic rings. The van der Waals surface area contributed by atoms with Crippen LogP contribution in [0.15, 0.2) is 36.4 Å². The number of ether oxygens (including phenoxy) is 2. The zero-order valence-corrected chi connectivity index (χ0v) is 12.4. The maximum Gasteiger partial charge on any atom is 0.123 e. The van der Waals surface area contributed by atoms with Gasteiger partial charge in [0.05, 0.1) is 6.61 Å². The van der Waals surface area contributed by atoms with Crippen molar-refractivity contribution >= 4 is 10.8 Å². The van der Waals surface area contributed by atoms with Crippen molar-refractivity contribution < 1.29 is 9.47 Å². The molecule has 2 atom stereocenters. The predicted octanol–water partition coefficient (Wildman–Crippen LogP) is 3.14. The highest BCUT2D eigenvalue weighted by molar-refractivity contribution is 5.87. The van der Waals surface area contributed by atoms with E-state index in [0.29, 0.717) is 6.61 Å². The lowest BCUT2D eigenvalue weighted by molar-refractivity contribution is 0.0915. The largest absolute Gasteiger partial charge is 0.488 e. The zero-order valence-electron chi connectivity index (χ0n) is 12.4. The highest BCUT2D eigenvalue weighted by Crippen LogP contribution is 2.29. The lowest BCUT2D eigenvalue weighted by Gasteiger charge is -2.19. The van der Waals surface area contributed by atoms with Gasteiger partial charge in [0.2, 0.25) is 0 Å². The minimum atomic E-state index is 0.0213. The molecule has 0 heterocycles. The third-order valence-corrected chi connectivity index (χ3v) is 3.25. The monoisotopic (exact) mass is 273 g/mol. The second-order valence-electron chi connectivity index (χ2n) is 5.33. The van der Waals surface area contributed by atoms with Crippen LogP contribution in [-0.2, 0) is 11.2 Å². The Bertz CT molecular complexity index is 566. The fraction of sp³-hybridized carbons (Fsp3) is 0.412. The van der Waals surface area contributed by atoms with Crippen molar-refractivity contribution in [3.05, 3.63) is 42.0 Å². The van der Waals surface area contributed by atoms with Crippen molar-refractivity contribution in [2.45, 2.75) is 32.4 Å². The molecule has 2 unspecified atom stereocenters. The van der Waals surface area contributed by atoms with E-state index in [2.05, 4.69) is 24.3 Å². The maximum absolute atomic E-state index is 6.01. The van der Waals surface area contributed by atoms with Gasteiger partial charge in [-0.25, -0.2) is 0 Å². The van der Waals surface area contributed by atoms with Crippen molar-refractivity contribution in [3.8, 4) is 5.75 Å². The number of hydrogen-bond acceptors (Lipinski definition) is 3. The summed E-state index contributed by atoms with van der Waals surface area (Å²) < 4.78 is 11.1. The van der Waals surface area contributed by atoms with Crippen molar-refractivity contribution in [1.29, 1.82) is 0 Å². The molecule has 0 fully saturated rings. The summed E-state index contributed by atoms with van der Waals surface area (Å²) in [4.78, 5) is 0. The summed E-state index contributed by atoms with van der Waals surface area (Å²) in [6, 6.07) is 12.6. The molecule has 0 radical (unpaired) electrons. The summed E-state index contributed by atoms with van der Waals surface area (Å²) in [6.45, 7) is 4.60. The molecule has 20 heavy (non-hydrogen) atoms. The molecule has 0 aliphatic heterocycles. The first-order valence-electron chi connectivity index (χ1n) is 7.03. The highest BCUT2D eigenvalue weighted by Gasteiger charge is 2.13. The summed E-state index contributed by atoms with van der Waals surface area (Å²) in [7, 11) is 1.68. The van der Waals surface area contributed by atoms with Crippen LogP contribution >= 0.6 is 0 Å². The van der Waals surface area contributed by atoms with Crippen molar-refractivity contribution in [3.63, 3.8) is 0 Å². The Labute approximate surface area is 120 Å². The average molecular weight is 273 g/mol. The fourth-order valence-electron chi connectivity index (χ4n) is 2.44. The quantitative estimate of drug-likeness (QED) is 0.879. The molecule has 0 aromatic heterocycles. The lowest BCUT2D eigenvalue weighted by atomic mass is 9.98. The molecular formula is C17H23NO2. The summed E-state index contributed by atoms with van der Waals surface area (Å²) in [5.41, 5.74) is 7.18. The molecule has 2 aromatic rings. The molecular weight excluding hydrogens is 250 g/mol. The number of hydrogen-bond donors (Lipinski definition) is 1. The molecule has 3 heteroatoms. The van der Waals surface area contributed by atoms with Crippen LogP contribution in [0, 0.1) is 0 Å². The van der Waals surface area contributed by atoms with Crippen LogP contribution in [0.2, 0.25) is 0 Å². The number of benzene rings is 2. The standard InChI is InChI=1S/C17H23NO2/c1-12(18)10-16-15-7-5-4-6-14(15)8-9-17(16)20-13(2)11-19-3/h4-9,12-13H,10-11,18H2,1-3H3. The number of methoxy groups -OCH3 is 1. The Morgan fingerprint density at radius 2 is 1.85 bits per heavy atom. The topological polar surface area (TPSA) is 44.5 Å². The maximum atomic E-state index is 6.01. The molecule has 2 N–H and O–H groups in total. The van der Waals surface area contributed by atoms with Crippen LogP contribution in [0.5, 0.6) is 5.75 Å². The predicted molar refractivity (Wildman–Crippen MR) is 83.3 cm³/mol. The summed E-state index contributed by atoms with van der Waals surface area (Å²) in [5.74, 6) is 0.908. The van der Waals surface area contributed by atoms with Crippen LogP contribution in [0.3, 0.4) is 0 Å². The number of rotatable bonds is 6. The lowest BCUT2D eigenvalue weighted by Crippen LogP contribution is -2.21. The smallest absolute Gasteiger partial charge is 0.123 e. The molecule has 0 bridgehead atoms. The van der Waals surface area contributed by atoms with E-state index in [1.165, 1.54) is 16.3 Å². The van der Waals surface area contributed by atoms with Crippen LogP contribution in [0.25, 0.3) is 10.8 Å². The first-order chi connectivity index (χ1) is 9.61. The van der Waals surface area contributed by atoms with Crippen molar-refractivity contribution in [1.82, 2.24) is 0 Å². The second kappa shape index (κ2) is 6.73. The zero-order chi connectivity index (χ0) is 14.5. The van der Waals surface area contributed by atoms with Crippen molar-refractivity contribution in [2.24, 2.45) is 5.73 Å². The summed E-state index contributed by atoms with van der Waals surface area (Å²) >= 11 is 0. The molecule has 0 spiro atoms. The van der Waals surface area contributed by atoms with Gasteiger partial charge in [-0.2, -0.15) is 0 Å². The number of fused-ring (bicyclic) bond motifs is 1. The van der Waals surface area contributed by atoms with Gasteiger partial charge in [-0.15, -0.1) is 0 Å². The van der Waals surface area contributed by atoms with Gasteiger partial charge in [0.1, 0.15) is 11.9 Å². The molecule has 2 rings (SSSR count). The van der Waals surface area contributed by atoms with Gasteiger partial charge < -0.3 is 15.2 Å². The van der Waals surface area contributed by atoms with E-state index in [0.717, 1.165) is 12.2 Å². The van der Waals surface area contributed by atoms with E-state index in [4.69, 9.17) is 15.2 Å². The van der Waals surface area contributed by atoms with Gasteiger partial charge in [0.15, 0.2) is 0 Å². The van der Waals surface area contributed by atoms with E-state index < -0.39 is 0 Å². The fourth-order valence-corrected chi connectivity index (χ4v) is 2.44. The first-order valence-corrected chi connectivity index (χ1v) is 7.03. The molecule has 0 amide bonds. The average Bonchev–Trinajstić information content (AvgIpc) is 2.41. The van der Waals surface area contributed by atoms with Gasteiger partial charge in [0.25, 0.3) is 0 Å². The summed E-state index contributed by atoms with van der Waals surface area (Å²) in [6.07, 6.45) is 0.823. The Balaban J connectivity index is 2.41. The Kier molecular flexibility index (Phi) is 4.99. The normalized spacial score (nSPS) is 14.2. The molecule has 3 nitrogen and oxygen atoms in total. The van der Waals surface area contributed by atoms with E-state index >= 15 is 0 Å². The van der Waals surface area contributed by atoms with Crippen LogP contribution in [0.4, 0.5) is 0 Å². The van der Waals surface area contributed by atoms with Crippen LogP contribution < -0.4 is 10.5 Å². The molecule has 0 saturated carbocycles. The number of nitrogens with two attached hydrogens (primary N) is 1. The minimum absolute atomic E-state index is 0.0213.